The van der Waals surface area contributed by atoms with Crippen molar-refractivity contribution in [3.8, 4) is 5.75 Å². The van der Waals surface area contributed by atoms with Gasteiger partial charge in [0.25, 0.3) is 5.69 Å². The number of imidazole rings is 1. The molecular weight excluding hydrogens is 344 g/mol. The molecule has 0 fully saturated rings. The molecule has 2 aromatic carbocycles. The van der Waals surface area contributed by atoms with E-state index < -0.39 is 18.3 Å². The van der Waals surface area contributed by atoms with Crippen LogP contribution >= 0.6 is 0 Å². The third-order valence-corrected chi connectivity index (χ3v) is 4.24. The molecule has 7 heteroatoms. The van der Waals surface area contributed by atoms with Crippen LogP contribution in [0.1, 0.15) is 32.0 Å². The number of nitrogens with one attached hydrogen (secondary N) is 1. The Bertz CT molecular complexity index is 1100. The molecule has 0 spiro atoms. The molecule has 0 aliphatic heterocycles. The molecule has 7 nitrogen and oxygen atoms in total. The normalized spacial score (nSPS) is 14.8. The number of non-ortho nitro benzene ring substituents is 1. The lowest BCUT2D eigenvalue weighted by atomic mass is 10.1. The van der Waals surface area contributed by atoms with E-state index in [0.717, 1.165) is 23.4 Å². The van der Waals surface area contributed by atoms with Gasteiger partial charge in [0.05, 0.1) is 25.3 Å². The number of nitrogens with zero attached hydrogens (tertiary/aromatic N) is 3. The molecular formula is C20H24N4O3. The molecule has 27 heavy (non-hydrogen) atoms. The summed E-state index contributed by atoms with van der Waals surface area (Å²) in [6.45, 7) is -1.54. The minimum absolute atomic E-state index is 0.0228. The second-order valence-corrected chi connectivity index (χ2v) is 5.99. The zero-order chi connectivity index (χ0) is 23.5. The fourth-order valence-corrected chi connectivity index (χ4v) is 2.95. The van der Waals surface area contributed by atoms with E-state index in [0.29, 0.717) is 25.0 Å². The van der Waals surface area contributed by atoms with Crippen LogP contribution in [0.3, 0.4) is 0 Å². The number of nitro groups is 1. The van der Waals surface area contributed by atoms with E-state index >= 15 is 0 Å². The third-order valence-electron chi connectivity index (χ3n) is 4.24. The Morgan fingerprint density at radius 3 is 2.85 bits per heavy atom. The molecule has 0 saturated carbocycles. The maximum absolute atomic E-state index is 11.1. The minimum atomic E-state index is -2.91. The van der Waals surface area contributed by atoms with Crippen molar-refractivity contribution in [2.24, 2.45) is 0 Å². The van der Waals surface area contributed by atoms with Crippen molar-refractivity contribution in [1.29, 1.82) is 0 Å². The summed E-state index contributed by atoms with van der Waals surface area (Å²) in [5.74, 6) is 0.830. The van der Waals surface area contributed by atoms with Crippen molar-refractivity contribution in [2.75, 3.05) is 19.6 Å². The van der Waals surface area contributed by atoms with Crippen molar-refractivity contribution in [3.05, 3.63) is 64.0 Å². The molecule has 0 bridgehead atoms. The number of fused-ring (bicyclic) bond motifs is 1. The summed E-state index contributed by atoms with van der Waals surface area (Å²) >= 11 is 0. The lowest BCUT2D eigenvalue weighted by Gasteiger charge is -2.10. The lowest BCUT2D eigenvalue weighted by Crippen LogP contribution is -2.20. The first kappa shape index (κ1) is 13.3. The first-order chi connectivity index (χ1) is 15.0. The van der Waals surface area contributed by atoms with Gasteiger partial charge < -0.3 is 14.6 Å². The molecule has 0 saturated heterocycles. The molecule has 1 N–H and O–H groups in total. The Morgan fingerprint density at radius 1 is 1.33 bits per heavy atom. The van der Waals surface area contributed by atoms with E-state index in [9.17, 15) is 10.1 Å². The predicted molar refractivity (Wildman–Crippen MR) is 105 cm³/mol. The topological polar surface area (TPSA) is 82.2 Å². The smallest absolute Gasteiger partial charge is 0.271 e. The van der Waals surface area contributed by atoms with Gasteiger partial charge in [0.2, 0.25) is 0 Å². The Balaban J connectivity index is 1.86. The number of nitro benzene ring substituents is 1. The van der Waals surface area contributed by atoms with Crippen LogP contribution in [-0.4, -0.2) is 34.1 Å². The van der Waals surface area contributed by atoms with Gasteiger partial charge in [-0.2, -0.15) is 0 Å². The third kappa shape index (κ3) is 4.43. The molecule has 3 rings (SSSR count). The fraction of sp³-hybridized carbons (Fsp3) is 0.350. The highest BCUT2D eigenvalue weighted by Crippen LogP contribution is 2.24. The largest absolute Gasteiger partial charge is 0.494 e. The number of hydrogen-bond acceptors (Lipinski definition) is 5. The van der Waals surface area contributed by atoms with Gasteiger partial charge in [-0.25, -0.2) is 4.98 Å². The van der Waals surface area contributed by atoms with Crippen LogP contribution in [0.5, 0.6) is 5.75 Å². The maximum atomic E-state index is 11.1. The molecule has 142 valence electrons. The first-order valence-corrected chi connectivity index (χ1v) is 8.64. The maximum Gasteiger partial charge on any atom is 0.271 e. The quantitative estimate of drug-likeness (QED) is 0.352. The standard InChI is InChI=1S/C20H24N4O3/c1-3-21-11-12-23-19-10-7-16(24(25)26)14-18(19)22-20(23)13-15-5-8-17(9-6-15)27-4-2/h5-10,14,21H,3-4,11-13H2,1-2H3/i2D3,4D2. The number of benzene rings is 2. The second kappa shape index (κ2) is 8.64. The first-order valence-electron chi connectivity index (χ1n) is 11.1. The summed E-state index contributed by atoms with van der Waals surface area (Å²) in [5, 5.41) is 14.4. The number of aromatic nitrogens is 2. The molecule has 0 amide bonds. The van der Waals surface area contributed by atoms with Crippen LogP contribution < -0.4 is 10.1 Å². The monoisotopic (exact) mass is 373 g/mol. The van der Waals surface area contributed by atoms with E-state index in [-0.39, 0.29) is 11.4 Å². The highest BCUT2D eigenvalue weighted by Gasteiger charge is 2.15. The summed E-state index contributed by atoms with van der Waals surface area (Å²) in [4.78, 5) is 15.3. The van der Waals surface area contributed by atoms with Gasteiger partial charge in [0, 0.05) is 35.8 Å². The van der Waals surface area contributed by atoms with Crippen molar-refractivity contribution >= 4 is 16.7 Å². The molecule has 1 aromatic heterocycles. The number of ether oxygens (including phenoxy) is 1. The summed E-state index contributed by atoms with van der Waals surface area (Å²) in [7, 11) is 0. The number of likely N-dealkylation sites (N-methyl/N-ethyl adjacent to an activating group) is 1. The lowest BCUT2D eigenvalue weighted by molar-refractivity contribution is -0.384. The predicted octanol–water partition coefficient (Wildman–Crippen LogP) is 3.54. The van der Waals surface area contributed by atoms with E-state index in [1.54, 1.807) is 18.2 Å². The highest BCUT2D eigenvalue weighted by atomic mass is 16.6. The van der Waals surface area contributed by atoms with Gasteiger partial charge in [-0.15, -0.1) is 0 Å². The molecule has 0 radical (unpaired) electrons. The molecule has 0 atom stereocenters. The van der Waals surface area contributed by atoms with Crippen LogP contribution in [0.25, 0.3) is 11.0 Å². The molecule has 0 unspecified atom stereocenters. The SMILES string of the molecule is [2H]C([2H])([2H])C([2H])([2H])Oc1ccc(Cc2nc3cc([N+](=O)[O-])ccc3n2CCNCC)cc1. The second-order valence-electron chi connectivity index (χ2n) is 5.99. The van der Waals surface area contributed by atoms with E-state index in [2.05, 4.69) is 10.3 Å². The number of rotatable bonds is 9. The number of hydrogen-bond donors (Lipinski definition) is 1. The van der Waals surface area contributed by atoms with E-state index in [4.69, 9.17) is 11.6 Å². The Hall–Kier alpha value is -2.93. The van der Waals surface area contributed by atoms with Crippen LogP contribution in [0, 0.1) is 10.1 Å². The fourth-order valence-electron chi connectivity index (χ4n) is 2.95. The van der Waals surface area contributed by atoms with Gasteiger partial charge >= 0.3 is 0 Å². The Labute approximate surface area is 165 Å². The van der Waals surface area contributed by atoms with Gasteiger partial charge in [-0.3, -0.25) is 10.1 Å². The summed E-state index contributed by atoms with van der Waals surface area (Å²) in [5.41, 5.74) is 2.16. The zero-order valence-corrected chi connectivity index (χ0v) is 14.9. The van der Waals surface area contributed by atoms with Crippen LogP contribution in [-0.2, 0) is 13.0 Å². The van der Waals surface area contributed by atoms with Gasteiger partial charge in [-0.1, -0.05) is 19.1 Å². The van der Waals surface area contributed by atoms with Crippen LogP contribution in [0.4, 0.5) is 5.69 Å². The van der Waals surface area contributed by atoms with E-state index in [1.807, 2.05) is 11.5 Å². The van der Waals surface area contributed by atoms with Crippen molar-refractivity contribution in [3.63, 3.8) is 0 Å². The molecule has 0 aliphatic carbocycles. The molecule has 3 aromatic rings. The summed E-state index contributed by atoms with van der Waals surface area (Å²) in [6.07, 6.45) is 0.432. The highest BCUT2D eigenvalue weighted by molar-refractivity contribution is 5.78. The molecule has 0 aliphatic rings. The average Bonchev–Trinajstić information content (AvgIpc) is 3.05. The van der Waals surface area contributed by atoms with Crippen molar-refractivity contribution < 1.29 is 16.5 Å². The van der Waals surface area contributed by atoms with Crippen LogP contribution in [0.15, 0.2) is 42.5 Å². The van der Waals surface area contributed by atoms with Gasteiger partial charge in [0.15, 0.2) is 0 Å². The molecule has 1 heterocycles. The minimum Gasteiger partial charge on any atom is -0.494 e. The van der Waals surface area contributed by atoms with Crippen LogP contribution in [0.2, 0.25) is 0 Å². The van der Waals surface area contributed by atoms with E-state index in [1.165, 1.54) is 24.3 Å². The zero-order valence-electron chi connectivity index (χ0n) is 19.9. The summed E-state index contributed by atoms with van der Waals surface area (Å²) < 4.78 is 43.9. The van der Waals surface area contributed by atoms with Crippen molar-refractivity contribution in [2.45, 2.75) is 26.7 Å². The Morgan fingerprint density at radius 2 is 2.15 bits per heavy atom. The van der Waals surface area contributed by atoms with Gasteiger partial charge in [0.1, 0.15) is 11.6 Å². The van der Waals surface area contributed by atoms with Crippen molar-refractivity contribution in [1.82, 2.24) is 14.9 Å². The Kier molecular flexibility index (Phi) is 4.25. The van der Waals surface area contributed by atoms with Gasteiger partial charge in [-0.05, 0) is 37.2 Å². The summed E-state index contributed by atoms with van der Waals surface area (Å²) in [6, 6.07) is 11.1. The average molecular weight is 373 g/mol.